The van der Waals surface area contributed by atoms with E-state index in [-0.39, 0.29) is 5.91 Å². The molecule has 0 bridgehead atoms. The molecule has 0 aliphatic carbocycles. The summed E-state index contributed by atoms with van der Waals surface area (Å²) in [5, 5.41) is 6.61. The first kappa shape index (κ1) is 18.5. The zero-order valence-electron chi connectivity index (χ0n) is 15.6. The zero-order valence-corrected chi connectivity index (χ0v) is 15.6. The molecule has 1 aliphatic rings. The van der Waals surface area contributed by atoms with E-state index in [0.29, 0.717) is 18.2 Å². The molecule has 0 radical (unpaired) electrons. The average molecular weight is 357 g/mol. The van der Waals surface area contributed by atoms with Gasteiger partial charge in [-0.25, -0.2) is 0 Å². The van der Waals surface area contributed by atoms with Gasteiger partial charge in [0.25, 0.3) is 5.91 Å². The molecule has 7 nitrogen and oxygen atoms in total. The Morgan fingerprint density at radius 1 is 1.27 bits per heavy atom. The Morgan fingerprint density at radius 3 is 2.69 bits per heavy atom. The van der Waals surface area contributed by atoms with Gasteiger partial charge in [-0.2, -0.15) is 0 Å². The fraction of sp³-hybridized carbons (Fsp3) is 0.579. The number of piperidine rings is 1. The Morgan fingerprint density at radius 2 is 2.00 bits per heavy atom. The molecular formula is C19H27N5O2. The molecule has 7 heteroatoms. The fourth-order valence-electron chi connectivity index (χ4n) is 3.19. The molecule has 0 unspecified atom stereocenters. The number of nitrogens with zero attached hydrogens (tertiary/aromatic N) is 4. The molecular weight excluding hydrogens is 330 g/mol. The van der Waals surface area contributed by atoms with Crippen molar-refractivity contribution in [3.05, 3.63) is 41.3 Å². The molecule has 3 rings (SSSR count). The largest absolute Gasteiger partial charge is 0.361 e. The van der Waals surface area contributed by atoms with Gasteiger partial charge in [-0.15, -0.1) is 0 Å². The van der Waals surface area contributed by atoms with Crippen molar-refractivity contribution in [2.75, 3.05) is 20.1 Å². The molecule has 26 heavy (non-hydrogen) atoms. The summed E-state index contributed by atoms with van der Waals surface area (Å²) in [7, 11) is 2.17. The first-order valence-corrected chi connectivity index (χ1v) is 9.36. The maximum atomic E-state index is 12.1. The summed E-state index contributed by atoms with van der Waals surface area (Å²) >= 11 is 0. The van der Waals surface area contributed by atoms with Crippen molar-refractivity contribution in [1.82, 2.24) is 25.3 Å². The highest BCUT2D eigenvalue weighted by Crippen LogP contribution is 2.19. The van der Waals surface area contributed by atoms with Crippen molar-refractivity contribution >= 4 is 5.91 Å². The first-order chi connectivity index (χ1) is 12.6. The Labute approximate surface area is 154 Å². The Balaban J connectivity index is 1.47. The highest BCUT2D eigenvalue weighted by atomic mass is 16.5. The van der Waals surface area contributed by atoms with Crippen molar-refractivity contribution < 1.29 is 9.32 Å². The minimum absolute atomic E-state index is 0.256. The summed E-state index contributed by atoms with van der Waals surface area (Å²) in [6.07, 6.45) is 8.72. The van der Waals surface area contributed by atoms with Gasteiger partial charge < -0.3 is 14.7 Å². The van der Waals surface area contributed by atoms with E-state index in [1.165, 1.54) is 12.8 Å². The van der Waals surface area contributed by atoms with E-state index in [2.05, 4.69) is 39.3 Å². The van der Waals surface area contributed by atoms with E-state index in [1.807, 2.05) is 6.20 Å². The fourth-order valence-corrected chi connectivity index (χ4v) is 3.19. The van der Waals surface area contributed by atoms with E-state index in [0.717, 1.165) is 49.5 Å². The molecule has 0 aromatic carbocycles. The second-order valence-electron chi connectivity index (χ2n) is 7.06. The van der Waals surface area contributed by atoms with Crippen LogP contribution in [0.15, 0.2) is 23.0 Å². The number of aromatic nitrogens is 3. The van der Waals surface area contributed by atoms with Crippen molar-refractivity contribution in [1.29, 1.82) is 0 Å². The summed E-state index contributed by atoms with van der Waals surface area (Å²) in [4.78, 5) is 23.4. The van der Waals surface area contributed by atoms with Gasteiger partial charge in [-0.05, 0) is 51.7 Å². The predicted molar refractivity (Wildman–Crippen MR) is 97.6 cm³/mol. The number of aryl methyl sites for hydroxylation is 1. The van der Waals surface area contributed by atoms with E-state index in [9.17, 15) is 4.79 Å². The molecule has 1 fully saturated rings. The van der Waals surface area contributed by atoms with Crippen LogP contribution < -0.4 is 5.32 Å². The maximum absolute atomic E-state index is 12.1. The van der Waals surface area contributed by atoms with Crippen LogP contribution in [-0.4, -0.2) is 46.1 Å². The lowest BCUT2D eigenvalue weighted by atomic mass is 9.92. The van der Waals surface area contributed by atoms with E-state index in [4.69, 9.17) is 4.52 Å². The number of nitrogens with one attached hydrogen (secondary N) is 1. The summed E-state index contributed by atoms with van der Waals surface area (Å²) in [6.45, 7) is 4.70. The molecule has 2 aromatic rings. The Bertz CT molecular complexity index is 705. The number of rotatable bonds is 7. The monoisotopic (exact) mass is 357 g/mol. The van der Waals surface area contributed by atoms with Crippen LogP contribution in [0.25, 0.3) is 0 Å². The predicted octanol–water partition coefficient (Wildman–Crippen LogP) is 2.23. The maximum Gasteiger partial charge on any atom is 0.273 e. The third-order valence-electron chi connectivity index (χ3n) is 4.81. The van der Waals surface area contributed by atoms with Crippen LogP contribution in [0.1, 0.15) is 53.8 Å². The molecule has 0 saturated carbocycles. The lowest BCUT2D eigenvalue weighted by molar-refractivity contribution is 0.0941. The SMILES string of the molecule is CCCc1cc(C(=O)NCc2cnc(CC3CCN(C)CC3)cn2)no1. The molecule has 1 N–H and O–H groups in total. The van der Waals surface area contributed by atoms with Gasteiger partial charge in [0.1, 0.15) is 5.76 Å². The molecule has 1 aliphatic heterocycles. The summed E-state index contributed by atoms with van der Waals surface area (Å²) in [5.74, 6) is 1.17. The third kappa shape index (κ3) is 5.11. The smallest absolute Gasteiger partial charge is 0.273 e. The van der Waals surface area contributed by atoms with Gasteiger partial charge in [0, 0.05) is 18.7 Å². The minimum Gasteiger partial charge on any atom is -0.361 e. The van der Waals surface area contributed by atoms with Crippen LogP contribution in [0.3, 0.4) is 0 Å². The minimum atomic E-state index is -0.256. The van der Waals surface area contributed by atoms with Gasteiger partial charge >= 0.3 is 0 Å². The van der Waals surface area contributed by atoms with Gasteiger partial charge in [-0.3, -0.25) is 14.8 Å². The number of carbonyl (C=O) groups excluding carboxylic acids is 1. The second-order valence-corrected chi connectivity index (χ2v) is 7.06. The van der Waals surface area contributed by atoms with Crippen molar-refractivity contribution in [2.45, 2.75) is 45.6 Å². The molecule has 0 spiro atoms. The highest BCUT2D eigenvalue weighted by molar-refractivity contribution is 5.92. The summed E-state index contributed by atoms with van der Waals surface area (Å²) in [5.41, 5.74) is 2.07. The molecule has 1 amide bonds. The van der Waals surface area contributed by atoms with Gasteiger partial charge in [-0.1, -0.05) is 12.1 Å². The van der Waals surface area contributed by atoms with Crippen LogP contribution in [-0.2, 0) is 19.4 Å². The van der Waals surface area contributed by atoms with Crippen LogP contribution in [0.2, 0.25) is 0 Å². The van der Waals surface area contributed by atoms with Crippen molar-refractivity contribution in [2.24, 2.45) is 5.92 Å². The number of amides is 1. The van der Waals surface area contributed by atoms with Crippen molar-refractivity contribution in [3.63, 3.8) is 0 Å². The summed E-state index contributed by atoms with van der Waals surface area (Å²) < 4.78 is 5.13. The topological polar surface area (TPSA) is 84.2 Å². The Hall–Kier alpha value is -2.28. The van der Waals surface area contributed by atoms with Gasteiger partial charge in [0.15, 0.2) is 5.69 Å². The molecule has 3 heterocycles. The number of hydrogen-bond donors (Lipinski definition) is 1. The van der Waals surface area contributed by atoms with Crippen LogP contribution in [0.4, 0.5) is 0 Å². The number of hydrogen-bond acceptors (Lipinski definition) is 6. The third-order valence-corrected chi connectivity index (χ3v) is 4.81. The lowest BCUT2D eigenvalue weighted by Gasteiger charge is -2.28. The van der Waals surface area contributed by atoms with E-state index >= 15 is 0 Å². The van der Waals surface area contributed by atoms with Crippen LogP contribution in [0.5, 0.6) is 0 Å². The van der Waals surface area contributed by atoms with Crippen LogP contribution >= 0.6 is 0 Å². The quantitative estimate of drug-likeness (QED) is 0.818. The molecule has 1 saturated heterocycles. The Kier molecular flexibility index (Phi) is 6.33. The normalized spacial score (nSPS) is 15.9. The van der Waals surface area contributed by atoms with Gasteiger partial charge in [0.05, 0.1) is 24.1 Å². The second kappa shape index (κ2) is 8.89. The molecule has 0 atom stereocenters. The first-order valence-electron chi connectivity index (χ1n) is 9.36. The number of carbonyl (C=O) groups is 1. The van der Waals surface area contributed by atoms with Crippen LogP contribution in [0, 0.1) is 5.92 Å². The lowest BCUT2D eigenvalue weighted by Crippen LogP contribution is -2.31. The number of likely N-dealkylation sites (tertiary alicyclic amines) is 1. The van der Waals surface area contributed by atoms with Crippen molar-refractivity contribution in [3.8, 4) is 0 Å². The zero-order chi connectivity index (χ0) is 18.4. The average Bonchev–Trinajstić information content (AvgIpc) is 3.12. The molecule has 140 valence electrons. The molecule has 2 aromatic heterocycles. The van der Waals surface area contributed by atoms with E-state index in [1.54, 1.807) is 12.3 Å². The standard InChI is InChI=1S/C19H27N5O2/c1-3-4-17-10-18(23-26-17)19(25)22-13-16-12-20-15(11-21-16)9-14-5-7-24(2)8-6-14/h10-12,14H,3-9,13H2,1-2H3,(H,22,25). The highest BCUT2D eigenvalue weighted by Gasteiger charge is 2.17. The summed E-state index contributed by atoms with van der Waals surface area (Å²) in [6, 6.07) is 1.69. The van der Waals surface area contributed by atoms with Gasteiger partial charge in [0.2, 0.25) is 0 Å². The van der Waals surface area contributed by atoms with E-state index < -0.39 is 0 Å².